The highest BCUT2D eigenvalue weighted by Crippen LogP contribution is 2.19. The van der Waals surface area contributed by atoms with E-state index in [-0.39, 0.29) is 11.5 Å². The average molecular weight is 339 g/mol. The Hall–Kier alpha value is -2.53. The Kier molecular flexibility index (Phi) is 5.60. The van der Waals surface area contributed by atoms with Crippen molar-refractivity contribution in [3.8, 4) is 5.75 Å². The molecule has 2 nitrogen and oxygen atoms in total. The summed E-state index contributed by atoms with van der Waals surface area (Å²) in [7, 11) is 0. The summed E-state index contributed by atoms with van der Waals surface area (Å²) in [6.07, 6.45) is 0.381. The molecule has 0 aliphatic rings. The van der Waals surface area contributed by atoms with Crippen molar-refractivity contribution in [3.05, 3.63) is 82.9 Å². The average Bonchev–Trinajstić information content (AvgIpc) is 2.54. The minimum atomic E-state index is -2.53. The van der Waals surface area contributed by atoms with Crippen molar-refractivity contribution in [1.29, 1.82) is 0 Å². The van der Waals surface area contributed by atoms with Gasteiger partial charge in [-0.1, -0.05) is 29.8 Å². The van der Waals surface area contributed by atoms with E-state index in [0.717, 1.165) is 0 Å². The third-order valence-corrected chi connectivity index (χ3v) is 3.04. The lowest BCUT2D eigenvalue weighted by Crippen LogP contribution is -1.93. The number of ether oxygens (including phenoxy) is 1. The molecule has 0 heterocycles. The van der Waals surface area contributed by atoms with E-state index in [0.29, 0.717) is 16.1 Å². The molecular weight excluding hydrogens is 329 g/mol. The largest absolute Gasteiger partial charge is 0.428 e. The fourth-order valence-corrected chi connectivity index (χ4v) is 1.80. The summed E-state index contributed by atoms with van der Waals surface area (Å²) < 4.78 is 40.7. The van der Waals surface area contributed by atoms with E-state index < -0.39 is 12.1 Å². The number of allylic oxidation sites excluding steroid dienone is 1. The van der Waals surface area contributed by atoms with Crippen LogP contribution in [0.3, 0.4) is 0 Å². The van der Waals surface area contributed by atoms with Crippen LogP contribution in [0.4, 0.5) is 13.2 Å². The molecule has 0 aliphatic carbocycles. The molecule has 0 bridgehead atoms. The Balaban J connectivity index is 2.04. The minimum Gasteiger partial charge on any atom is -0.428 e. The number of hydrogen-bond donors (Lipinski definition) is 0. The van der Waals surface area contributed by atoms with Crippen LogP contribution in [0, 0.1) is 0 Å². The second kappa shape index (κ2) is 7.65. The van der Waals surface area contributed by atoms with Gasteiger partial charge < -0.3 is 4.74 Å². The van der Waals surface area contributed by atoms with Gasteiger partial charge in [-0.25, -0.2) is 0 Å². The van der Waals surface area contributed by atoms with Gasteiger partial charge in [0.15, 0.2) is 5.78 Å². The Morgan fingerprint density at radius 3 is 2.13 bits per heavy atom. The predicted molar refractivity (Wildman–Crippen MR) is 82.2 cm³/mol. The molecule has 118 valence electrons. The number of carbonyl (C=O) groups excluding carboxylic acids is 1. The summed E-state index contributed by atoms with van der Waals surface area (Å²) in [6, 6.07) is 10.1. The molecule has 0 amide bonds. The zero-order chi connectivity index (χ0) is 16.8. The van der Waals surface area contributed by atoms with Crippen molar-refractivity contribution in [2.75, 3.05) is 0 Å². The predicted octanol–water partition coefficient (Wildman–Crippen LogP) is 5.65. The third kappa shape index (κ3) is 5.00. The molecular formula is C17H10ClF3O2. The van der Waals surface area contributed by atoms with E-state index in [1.165, 1.54) is 30.3 Å². The van der Waals surface area contributed by atoms with Gasteiger partial charge >= 0.3 is 12.1 Å². The molecule has 6 heteroatoms. The van der Waals surface area contributed by atoms with Crippen molar-refractivity contribution < 1.29 is 22.7 Å². The summed E-state index contributed by atoms with van der Waals surface area (Å²) in [5.41, 5.74) is 1.11. The van der Waals surface area contributed by atoms with E-state index in [1.807, 2.05) is 0 Å². The lowest BCUT2D eigenvalue weighted by molar-refractivity contribution is 0.104. The summed E-state index contributed by atoms with van der Waals surface area (Å²) in [6.45, 7) is 0. The number of halogens is 4. The molecule has 0 aromatic heterocycles. The fourth-order valence-electron chi connectivity index (χ4n) is 1.67. The molecule has 0 saturated heterocycles. The fraction of sp³-hybridized carbons (Fsp3) is 0. The minimum absolute atomic E-state index is 0.0727. The molecule has 2 rings (SSSR count). The van der Waals surface area contributed by atoms with Crippen molar-refractivity contribution in [2.24, 2.45) is 0 Å². The first-order valence-electron chi connectivity index (χ1n) is 6.42. The SMILES string of the molecule is O=C(C=Cc1ccc(OC(F)=C(F)F)cc1)c1ccc(Cl)cc1. The van der Waals surface area contributed by atoms with Gasteiger partial charge in [0.25, 0.3) is 0 Å². The molecule has 0 saturated carbocycles. The van der Waals surface area contributed by atoms with Gasteiger partial charge in [0.05, 0.1) is 0 Å². The first-order valence-corrected chi connectivity index (χ1v) is 6.80. The maximum Gasteiger partial charge on any atom is 0.344 e. The molecule has 0 atom stereocenters. The molecule has 0 unspecified atom stereocenters. The zero-order valence-electron chi connectivity index (χ0n) is 11.6. The maximum atomic E-state index is 12.6. The normalized spacial score (nSPS) is 10.6. The van der Waals surface area contributed by atoms with Crippen molar-refractivity contribution in [3.63, 3.8) is 0 Å². The molecule has 0 fully saturated rings. The van der Waals surface area contributed by atoms with Crippen molar-refractivity contribution >= 4 is 23.5 Å². The molecule has 0 aliphatic heterocycles. The van der Waals surface area contributed by atoms with Crippen LogP contribution < -0.4 is 4.74 Å². The van der Waals surface area contributed by atoms with Crippen LogP contribution in [0.2, 0.25) is 5.02 Å². The van der Waals surface area contributed by atoms with Gasteiger partial charge in [-0.15, -0.1) is 0 Å². The van der Waals surface area contributed by atoms with E-state index in [1.54, 1.807) is 30.3 Å². The highest BCUT2D eigenvalue weighted by Gasteiger charge is 2.07. The van der Waals surface area contributed by atoms with E-state index in [4.69, 9.17) is 11.6 Å². The monoisotopic (exact) mass is 338 g/mol. The second-order valence-corrected chi connectivity index (χ2v) is 4.85. The first kappa shape index (κ1) is 16.8. The van der Waals surface area contributed by atoms with Crippen LogP contribution in [-0.4, -0.2) is 5.78 Å². The summed E-state index contributed by atoms with van der Waals surface area (Å²) >= 11 is 5.74. The number of ketones is 1. The summed E-state index contributed by atoms with van der Waals surface area (Å²) in [5.74, 6) is -0.285. The van der Waals surface area contributed by atoms with Crippen LogP contribution in [0.5, 0.6) is 5.75 Å². The molecule has 2 aromatic rings. The van der Waals surface area contributed by atoms with E-state index in [9.17, 15) is 18.0 Å². The standard InChI is InChI=1S/C17H10ClF3O2/c18-13-6-4-12(5-7-13)15(22)10-3-11-1-8-14(9-2-11)23-17(21)16(19)20/h1-10H. The van der Waals surface area contributed by atoms with E-state index in [2.05, 4.69) is 4.74 Å². The number of hydrogen-bond acceptors (Lipinski definition) is 2. The quantitative estimate of drug-likeness (QED) is 0.400. The molecule has 0 spiro atoms. The van der Waals surface area contributed by atoms with Gasteiger partial charge in [-0.3, -0.25) is 4.79 Å². The number of benzene rings is 2. The smallest absolute Gasteiger partial charge is 0.344 e. The topological polar surface area (TPSA) is 26.3 Å². The second-order valence-electron chi connectivity index (χ2n) is 4.41. The van der Waals surface area contributed by atoms with Gasteiger partial charge in [0.2, 0.25) is 0 Å². The highest BCUT2D eigenvalue weighted by atomic mass is 35.5. The number of rotatable bonds is 5. The van der Waals surface area contributed by atoms with Gasteiger partial charge in [-0.2, -0.15) is 13.2 Å². The molecule has 0 radical (unpaired) electrons. The molecule has 2 aromatic carbocycles. The Morgan fingerprint density at radius 2 is 1.57 bits per heavy atom. The maximum absolute atomic E-state index is 12.6. The van der Waals surface area contributed by atoms with Crippen LogP contribution in [-0.2, 0) is 0 Å². The van der Waals surface area contributed by atoms with Crippen LogP contribution in [0.1, 0.15) is 15.9 Å². The first-order chi connectivity index (χ1) is 11.0. The van der Waals surface area contributed by atoms with Gasteiger partial charge in [-0.05, 0) is 48.0 Å². The Bertz CT molecular complexity index is 746. The zero-order valence-corrected chi connectivity index (χ0v) is 12.4. The van der Waals surface area contributed by atoms with Crippen molar-refractivity contribution in [1.82, 2.24) is 0 Å². The van der Waals surface area contributed by atoms with E-state index >= 15 is 0 Å². The van der Waals surface area contributed by atoms with Crippen LogP contribution >= 0.6 is 11.6 Å². The highest BCUT2D eigenvalue weighted by molar-refractivity contribution is 6.30. The third-order valence-electron chi connectivity index (χ3n) is 2.79. The lowest BCUT2D eigenvalue weighted by atomic mass is 10.1. The Labute approximate surface area is 135 Å². The summed E-state index contributed by atoms with van der Waals surface area (Å²) in [5, 5.41) is 0.534. The lowest BCUT2D eigenvalue weighted by Gasteiger charge is -2.02. The van der Waals surface area contributed by atoms with Gasteiger partial charge in [0.1, 0.15) is 5.75 Å². The Morgan fingerprint density at radius 1 is 0.957 bits per heavy atom. The van der Waals surface area contributed by atoms with Crippen LogP contribution in [0.15, 0.2) is 66.7 Å². The number of carbonyl (C=O) groups is 1. The molecule has 0 N–H and O–H groups in total. The van der Waals surface area contributed by atoms with Crippen molar-refractivity contribution in [2.45, 2.75) is 0 Å². The molecule has 23 heavy (non-hydrogen) atoms. The van der Waals surface area contributed by atoms with Crippen LogP contribution in [0.25, 0.3) is 6.08 Å². The van der Waals surface area contributed by atoms with Gasteiger partial charge in [0, 0.05) is 10.6 Å². The summed E-state index contributed by atoms with van der Waals surface area (Å²) in [4.78, 5) is 11.9.